The zero-order valence-electron chi connectivity index (χ0n) is 6.72. The smallest absolute Gasteiger partial charge is 0.309 e. The van der Waals surface area contributed by atoms with E-state index in [4.69, 9.17) is 5.11 Å². The average Bonchev–Trinajstić information content (AvgIpc) is 1.83. The number of halogens is 2. The first-order valence-corrected chi connectivity index (χ1v) is 4.08. The number of aliphatic carboxylic acids is 1. The van der Waals surface area contributed by atoms with Crippen LogP contribution in [0.4, 0.5) is 8.78 Å². The average molecular weight is 178 g/mol. The van der Waals surface area contributed by atoms with Crippen LogP contribution >= 0.6 is 0 Å². The summed E-state index contributed by atoms with van der Waals surface area (Å²) < 4.78 is 23.6. The number of hydrogen-bond donors (Lipinski definition) is 1. The molecule has 0 radical (unpaired) electrons. The normalized spacial score (nSPS) is 20.6. The topological polar surface area (TPSA) is 37.3 Å². The first-order valence-electron chi connectivity index (χ1n) is 4.08. The SMILES string of the molecule is O=C(O)C1(CCC(F)F)CCC1. The summed E-state index contributed by atoms with van der Waals surface area (Å²) in [5.74, 6) is -0.908. The van der Waals surface area contributed by atoms with E-state index in [9.17, 15) is 13.6 Å². The van der Waals surface area contributed by atoms with Crippen LogP contribution in [0.2, 0.25) is 0 Å². The van der Waals surface area contributed by atoms with E-state index in [2.05, 4.69) is 0 Å². The van der Waals surface area contributed by atoms with Crippen molar-refractivity contribution in [1.29, 1.82) is 0 Å². The maximum atomic E-state index is 11.8. The van der Waals surface area contributed by atoms with Crippen molar-refractivity contribution in [2.45, 2.75) is 38.5 Å². The summed E-state index contributed by atoms with van der Waals surface area (Å²) in [5, 5.41) is 8.75. The van der Waals surface area contributed by atoms with Gasteiger partial charge in [0, 0.05) is 6.42 Å². The third-order valence-electron chi connectivity index (χ3n) is 2.61. The maximum Gasteiger partial charge on any atom is 0.309 e. The zero-order valence-corrected chi connectivity index (χ0v) is 6.72. The zero-order chi connectivity index (χ0) is 9.19. The second-order valence-electron chi connectivity index (χ2n) is 3.37. The van der Waals surface area contributed by atoms with Gasteiger partial charge in [0.15, 0.2) is 0 Å². The largest absolute Gasteiger partial charge is 0.481 e. The molecule has 0 aromatic carbocycles. The number of carboxylic acid groups (broad SMARTS) is 1. The lowest BCUT2D eigenvalue weighted by molar-refractivity contribution is -0.155. The van der Waals surface area contributed by atoms with Gasteiger partial charge in [-0.3, -0.25) is 4.79 Å². The Labute approximate surface area is 69.6 Å². The van der Waals surface area contributed by atoms with Crippen molar-refractivity contribution >= 4 is 5.97 Å². The quantitative estimate of drug-likeness (QED) is 0.717. The molecule has 12 heavy (non-hydrogen) atoms. The molecule has 0 atom stereocenters. The second-order valence-corrected chi connectivity index (χ2v) is 3.37. The molecule has 0 unspecified atom stereocenters. The van der Waals surface area contributed by atoms with Crippen LogP contribution in [0.3, 0.4) is 0 Å². The fraction of sp³-hybridized carbons (Fsp3) is 0.875. The van der Waals surface area contributed by atoms with E-state index in [1.807, 2.05) is 0 Å². The highest BCUT2D eigenvalue weighted by molar-refractivity contribution is 5.75. The molecular formula is C8H12F2O2. The van der Waals surface area contributed by atoms with E-state index < -0.39 is 17.8 Å². The summed E-state index contributed by atoms with van der Waals surface area (Å²) in [6.07, 6.45) is -0.548. The highest BCUT2D eigenvalue weighted by Crippen LogP contribution is 2.45. The van der Waals surface area contributed by atoms with Crippen molar-refractivity contribution in [1.82, 2.24) is 0 Å². The minimum absolute atomic E-state index is 0.125. The number of hydrogen-bond acceptors (Lipinski definition) is 1. The van der Waals surface area contributed by atoms with Gasteiger partial charge in [0.25, 0.3) is 0 Å². The number of carbonyl (C=O) groups is 1. The molecule has 0 bridgehead atoms. The fourth-order valence-electron chi connectivity index (χ4n) is 1.56. The van der Waals surface area contributed by atoms with E-state index >= 15 is 0 Å². The van der Waals surface area contributed by atoms with E-state index in [1.165, 1.54) is 0 Å². The standard InChI is InChI=1S/C8H12F2O2/c9-6(10)2-5-8(7(11)12)3-1-4-8/h6H,1-5H2,(H,11,12). The van der Waals surface area contributed by atoms with Crippen molar-refractivity contribution < 1.29 is 18.7 Å². The molecule has 0 heterocycles. The summed E-state index contributed by atoms with van der Waals surface area (Å²) >= 11 is 0. The Morgan fingerprint density at radius 2 is 2.08 bits per heavy atom. The van der Waals surface area contributed by atoms with Gasteiger partial charge < -0.3 is 5.11 Å². The first-order chi connectivity index (χ1) is 5.57. The van der Waals surface area contributed by atoms with Crippen molar-refractivity contribution in [2.75, 3.05) is 0 Å². The van der Waals surface area contributed by atoms with Gasteiger partial charge in [-0.05, 0) is 19.3 Å². The molecule has 0 aromatic rings. The highest BCUT2D eigenvalue weighted by Gasteiger charge is 2.44. The van der Waals surface area contributed by atoms with Crippen LogP contribution < -0.4 is 0 Å². The fourth-order valence-corrected chi connectivity index (χ4v) is 1.56. The molecule has 1 rings (SSSR count). The van der Waals surface area contributed by atoms with Crippen LogP contribution in [0.5, 0.6) is 0 Å². The molecule has 70 valence electrons. The molecular weight excluding hydrogens is 166 g/mol. The molecule has 1 saturated carbocycles. The number of carboxylic acids is 1. The molecule has 0 saturated heterocycles. The summed E-state index contributed by atoms with van der Waals surface area (Å²) in [4.78, 5) is 10.7. The predicted molar refractivity (Wildman–Crippen MR) is 39.2 cm³/mol. The molecule has 0 spiro atoms. The Kier molecular flexibility index (Phi) is 2.65. The van der Waals surface area contributed by atoms with Gasteiger partial charge in [-0.1, -0.05) is 6.42 Å². The van der Waals surface area contributed by atoms with Crippen molar-refractivity contribution in [3.63, 3.8) is 0 Å². The van der Waals surface area contributed by atoms with Crippen LogP contribution in [0.1, 0.15) is 32.1 Å². The van der Waals surface area contributed by atoms with E-state index in [0.29, 0.717) is 12.8 Å². The van der Waals surface area contributed by atoms with Gasteiger partial charge in [0.05, 0.1) is 5.41 Å². The van der Waals surface area contributed by atoms with Gasteiger partial charge in [0.1, 0.15) is 0 Å². The van der Waals surface area contributed by atoms with E-state index in [1.54, 1.807) is 0 Å². The molecule has 1 aliphatic rings. The van der Waals surface area contributed by atoms with Gasteiger partial charge in [-0.25, -0.2) is 8.78 Å². The lowest BCUT2D eigenvalue weighted by Gasteiger charge is -2.37. The molecule has 0 amide bonds. The Balaban J connectivity index is 2.40. The Morgan fingerprint density at radius 1 is 1.50 bits per heavy atom. The monoisotopic (exact) mass is 178 g/mol. The summed E-state index contributed by atoms with van der Waals surface area (Å²) in [6.45, 7) is 0. The number of rotatable bonds is 4. The summed E-state index contributed by atoms with van der Waals surface area (Å²) in [7, 11) is 0. The molecule has 1 aliphatic carbocycles. The Hall–Kier alpha value is -0.670. The van der Waals surface area contributed by atoms with Gasteiger partial charge in [-0.2, -0.15) is 0 Å². The van der Waals surface area contributed by atoms with Crippen molar-refractivity contribution in [3.8, 4) is 0 Å². The van der Waals surface area contributed by atoms with E-state index in [0.717, 1.165) is 6.42 Å². The molecule has 1 N–H and O–H groups in total. The molecule has 0 aliphatic heterocycles. The molecule has 0 aromatic heterocycles. The molecule has 2 nitrogen and oxygen atoms in total. The van der Waals surface area contributed by atoms with Gasteiger partial charge in [0.2, 0.25) is 6.43 Å². The van der Waals surface area contributed by atoms with Crippen molar-refractivity contribution in [2.24, 2.45) is 5.41 Å². The summed E-state index contributed by atoms with van der Waals surface area (Å²) in [6, 6.07) is 0. The highest BCUT2D eigenvalue weighted by atomic mass is 19.3. The minimum Gasteiger partial charge on any atom is -0.481 e. The van der Waals surface area contributed by atoms with Crippen LogP contribution in [-0.2, 0) is 4.79 Å². The second kappa shape index (κ2) is 3.37. The van der Waals surface area contributed by atoms with Gasteiger partial charge >= 0.3 is 5.97 Å². The summed E-state index contributed by atoms with van der Waals surface area (Å²) in [5.41, 5.74) is -0.809. The van der Waals surface area contributed by atoms with Crippen LogP contribution in [-0.4, -0.2) is 17.5 Å². The third-order valence-corrected chi connectivity index (χ3v) is 2.61. The van der Waals surface area contributed by atoms with Crippen LogP contribution in [0.25, 0.3) is 0 Å². The van der Waals surface area contributed by atoms with Crippen molar-refractivity contribution in [3.05, 3.63) is 0 Å². The Morgan fingerprint density at radius 3 is 2.33 bits per heavy atom. The van der Waals surface area contributed by atoms with Gasteiger partial charge in [-0.15, -0.1) is 0 Å². The Bertz CT molecular complexity index is 176. The maximum absolute atomic E-state index is 11.8. The minimum atomic E-state index is -2.37. The predicted octanol–water partition coefficient (Wildman–Crippen LogP) is 2.29. The van der Waals surface area contributed by atoms with Crippen LogP contribution in [0, 0.1) is 5.41 Å². The molecule has 4 heteroatoms. The van der Waals surface area contributed by atoms with Crippen LogP contribution in [0.15, 0.2) is 0 Å². The molecule has 1 fully saturated rings. The lowest BCUT2D eigenvalue weighted by atomic mass is 9.66. The first kappa shape index (κ1) is 9.42. The third kappa shape index (κ3) is 1.73. The lowest BCUT2D eigenvalue weighted by Crippen LogP contribution is -2.38. The number of alkyl halides is 2. The van der Waals surface area contributed by atoms with E-state index in [-0.39, 0.29) is 12.8 Å².